The molecule has 0 aliphatic carbocycles. The van der Waals surface area contributed by atoms with E-state index in [1.807, 2.05) is 12.4 Å². The molecule has 0 unspecified atom stereocenters. The van der Waals surface area contributed by atoms with Crippen molar-refractivity contribution >= 4 is 10.9 Å². The van der Waals surface area contributed by atoms with Gasteiger partial charge in [0.1, 0.15) is 0 Å². The molecule has 0 radical (unpaired) electrons. The zero-order chi connectivity index (χ0) is 14.8. The van der Waals surface area contributed by atoms with Crippen molar-refractivity contribution in [2.24, 2.45) is 7.05 Å². The number of para-hydroxylation sites is 1. The number of aryl methyl sites for hydroxylation is 2. The van der Waals surface area contributed by atoms with Gasteiger partial charge in [-0.1, -0.05) is 18.2 Å². The summed E-state index contributed by atoms with van der Waals surface area (Å²) in [5.74, 6) is 0. The Kier molecular flexibility index (Phi) is 3.76. The van der Waals surface area contributed by atoms with Gasteiger partial charge < -0.3 is 9.88 Å². The zero-order valence-corrected chi connectivity index (χ0v) is 12.8. The van der Waals surface area contributed by atoms with E-state index < -0.39 is 0 Å². The molecule has 2 aromatic heterocycles. The number of pyridine rings is 1. The Bertz CT molecular complexity index is 705. The topological polar surface area (TPSA) is 29.9 Å². The summed E-state index contributed by atoms with van der Waals surface area (Å²) < 4.78 is 2.29. The zero-order valence-electron chi connectivity index (χ0n) is 12.8. The van der Waals surface area contributed by atoms with E-state index in [4.69, 9.17) is 0 Å². The number of aromatic nitrogens is 2. The molecular formula is C18H21N3. The molecule has 3 aromatic rings. The SMILES string of the molecule is Cc1c(CN[C@@H](C)c2ccncc2)n(C)c2ccccc12. The molecule has 0 fully saturated rings. The fraction of sp³-hybridized carbons (Fsp3) is 0.278. The van der Waals surface area contributed by atoms with Crippen LogP contribution in [-0.2, 0) is 13.6 Å². The predicted octanol–water partition coefficient (Wildman–Crippen LogP) is 3.73. The number of benzene rings is 1. The molecule has 2 heterocycles. The first kappa shape index (κ1) is 13.8. The number of nitrogens with one attached hydrogen (secondary N) is 1. The van der Waals surface area contributed by atoms with Crippen molar-refractivity contribution in [2.75, 3.05) is 0 Å². The molecule has 0 saturated heterocycles. The van der Waals surface area contributed by atoms with Crippen LogP contribution >= 0.6 is 0 Å². The van der Waals surface area contributed by atoms with Crippen molar-refractivity contribution in [3.63, 3.8) is 0 Å². The second kappa shape index (κ2) is 5.70. The largest absolute Gasteiger partial charge is 0.346 e. The van der Waals surface area contributed by atoms with Crippen LogP contribution in [0.15, 0.2) is 48.8 Å². The predicted molar refractivity (Wildman–Crippen MR) is 87.1 cm³/mol. The maximum atomic E-state index is 4.07. The minimum Gasteiger partial charge on any atom is -0.346 e. The highest BCUT2D eigenvalue weighted by molar-refractivity contribution is 5.85. The third kappa shape index (κ3) is 2.57. The highest BCUT2D eigenvalue weighted by Crippen LogP contribution is 2.24. The molecule has 108 valence electrons. The quantitative estimate of drug-likeness (QED) is 0.788. The van der Waals surface area contributed by atoms with Crippen molar-refractivity contribution in [3.05, 3.63) is 65.6 Å². The van der Waals surface area contributed by atoms with E-state index in [1.165, 1.54) is 27.7 Å². The van der Waals surface area contributed by atoms with Gasteiger partial charge in [-0.15, -0.1) is 0 Å². The van der Waals surface area contributed by atoms with Gasteiger partial charge in [-0.3, -0.25) is 4.98 Å². The lowest BCUT2D eigenvalue weighted by molar-refractivity contribution is 0.557. The van der Waals surface area contributed by atoms with E-state index in [-0.39, 0.29) is 0 Å². The molecule has 0 aliphatic rings. The lowest BCUT2D eigenvalue weighted by Crippen LogP contribution is -2.20. The number of fused-ring (bicyclic) bond motifs is 1. The van der Waals surface area contributed by atoms with Crippen LogP contribution in [0.1, 0.15) is 29.8 Å². The molecular weight excluding hydrogens is 258 g/mol. The van der Waals surface area contributed by atoms with E-state index in [1.54, 1.807) is 0 Å². The highest BCUT2D eigenvalue weighted by Gasteiger charge is 2.12. The van der Waals surface area contributed by atoms with Crippen LogP contribution in [0.2, 0.25) is 0 Å². The van der Waals surface area contributed by atoms with Gasteiger partial charge in [-0.2, -0.15) is 0 Å². The van der Waals surface area contributed by atoms with Crippen LogP contribution in [-0.4, -0.2) is 9.55 Å². The molecule has 0 amide bonds. The molecule has 1 aromatic carbocycles. The summed E-state index contributed by atoms with van der Waals surface area (Å²) in [5.41, 5.74) is 5.27. The summed E-state index contributed by atoms with van der Waals surface area (Å²) in [4.78, 5) is 4.07. The summed E-state index contributed by atoms with van der Waals surface area (Å²) in [6.07, 6.45) is 3.69. The Balaban J connectivity index is 1.83. The van der Waals surface area contributed by atoms with Crippen LogP contribution in [0, 0.1) is 6.92 Å². The van der Waals surface area contributed by atoms with E-state index in [0.29, 0.717) is 6.04 Å². The van der Waals surface area contributed by atoms with E-state index in [9.17, 15) is 0 Å². The summed E-state index contributed by atoms with van der Waals surface area (Å²) in [5, 5.41) is 4.95. The first-order valence-electron chi connectivity index (χ1n) is 7.34. The molecule has 1 N–H and O–H groups in total. The molecule has 21 heavy (non-hydrogen) atoms. The fourth-order valence-electron chi connectivity index (χ4n) is 2.91. The Labute approximate surface area is 125 Å². The molecule has 0 bridgehead atoms. The number of hydrogen-bond acceptors (Lipinski definition) is 2. The van der Waals surface area contributed by atoms with Gasteiger partial charge >= 0.3 is 0 Å². The molecule has 0 aliphatic heterocycles. The van der Waals surface area contributed by atoms with Crippen molar-refractivity contribution in [1.82, 2.24) is 14.9 Å². The van der Waals surface area contributed by atoms with Gasteiger partial charge in [0.15, 0.2) is 0 Å². The average Bonchev–Trinajstić information content (AvgIpc) is 2.78. The normalized spacial score (nSPS) is 12.7. The van der Waals surface area contributed by atoms with Gasteiger partial charge in [0.05, 0.1) is 0 Å². The molecule has 1 atom stereocenters. The van der Waals surface area contributed by atoms with Crippen molar-refractivity contribution in [3.8, 4) is 0 Å². The molecule has 3 rings (SSSR count). The first-order chi connectivity index (χ1) is 10.2. The number of nitrogens with zero attached hydrogens (tertiary/aromatic N) is 2. The summed E-state index contributed by atoms with van der Waals surface area (Å²) in [6.45, 7) is 5.25. The third-order valence-corrected chi connectivity index (χ3v) is 4.29. The van der Waals surface area contributed by atoms with E-state index in [2.05, 4.69) is 72.2 Å². The molecule has 3 nitrogen and oxygen atoms in total. The van der Waals surface area contributed by atoms with Gasteiger partial charge in [-0.25, -0.2) is 0 Å². The van der Waals surface area contributed by atoms with Crippen LogP contribution in [0.25, 0.3) is 10.9 Å². The Morgan fingerprint density at radius 1 is 1.14 bits per heavy atom. The van der Waals surface area contributed by atoms with Crippen molar-refractivity contribution in [1.29, 1.82) is 0 Å². The Morgan fingerprint density at radius 2 is 1.86 bits per heavy atom. The second-order valence-electron chi connectivity index (χ2n) is 5.53. The summed E-state index contributed by atoms with van der Waals surface area (Å²) >= 11 is 0. The lowest BCUT2D eigenvalue weighted by atomic mass is 10.1. The van der Waals surface area contributed by atoms with Crippen LogP contribution in [0.5, 0.6) is 0 Å². The molecule has 0 spiro atoms. The molecule has 3 heteroatoms. The van der Waals surface area contributed by atoms with E-state index in [0.717, 1.165) is 6.54 Å². The minimum atomic E-state index is 0.311. The fourth-order valence-corrected chi connectivity index (χ4v) is 2.91. The Morgan fingerprint density at radius 3 is 2.57 bits per heavy atom. The van der Waals surface area contributed by atoms with Crippen LogP contribution < -0.4 is 5.32 Å². The standard InChI is InChI=1S/C18H21N3/c1-13-16-6-4-5-7-17(16)21(3)18(13)12-20-14(2)15-8-10-19-11-9-15/h4-11,14,20H,12H2,1-3H3/t14-/m0/s1. The monoisotopic (exact) mass is 279 g/mol. The minimum absolute atomic E-state index is 0.311. The van der Waals surface area contributed by atoms with E-state index >= 15 is 0 Å². The van der Waals surface area contributed by atoms with Gasteiger partial charge in [0.25, 0.3) is 0 Å². The van der Waals surface area contributed by atoms with Crippen molar-refractivity contribution in [2.45, 2.75) is 26.4 Å². The average molecular weight is 279 g/mol. The Hall–Kier alpha value is -2.13. The second-order valence-corrected chi connectivity index (χ2v) is 5.53. The highest BCUT2D eigenvalue weighted by atomic mass is 15.0. The number of rotatable bonds is 4. The van der Waals surface area contributed by atoms with Crippen LogP contribution in [0.3, 0.4) is 0 Å². The maximum Gasteiger partial charge on any atom is 0.0483 e. The maximum absolute atomic E-state index is 4.07. The van der Waals surface area contributed by atoms with Crippen molar-refractivity contribution < 1.29 is 0 Å². The number of hydrogen-bond donors (Lipinski definition) is 1. The lowest BCUT2D eigenvalue weighted by Gasteiger charge is -2.15. The summed E-state index contributed by atoms with van der Waals surface area (Å²) in [7, 11) is 2.14. The smallest absolute Gasteiger partial charge is 0.0483 e. The molecule has 0 saturated carbocycles. The summed E-state index contributed by atoms with van der Waals surface area (Å²) in [6, 6.07) is 13.0. The van der Waals surface area contributed by atoms with Gasteiger partial charge in [0, 0.05) is 48.6 Å². The third-order valence-electron chi connectivity index (χ3n) is 4.29. The first-order valence-corrected chi connectivity index (χ1v) is 7.34. The van der Waals surface area contributed by atoms with Gasteiger partial charge in [-0.05, 0) is 43.2 Å². The van der Waals surface area contributed by atoms with Crippen LogP contribution in [0.4, 0.5) is 0 Å². The van der Waals surface area contributed by atoms with Gasteiger partial charge in [0.2, 0.25) is 0 Å².